The van der Waals surface area contributed by atoms with Gasteiger partial charge < -0.3 is 39.0 Å². The Hall–Kier alpha value is -6.18. The van der Waals surface area contributed by atoms with Gasteiger partial charge in [-0.3, -0.25) is 14.4 Å². The third-order valence-corrected chi connectivity index (χ3v) is 12.0. The summed E-state index contributed by atoms with van der Waals surface area (Å²) in [5, 5.41) is 31.5. The van der Waals surface area contributed by atoms with Crippen LogP contribution in [0.2, 0.25) is 0 Å². The standard InChI is InChI=1S/C69H100O12/c1-4-7-10-13-16-19-22-25-28-30-31-33-35-37-40-43-46-49-52-55-61(70)77-58-60(79-62(71)56-53-50-47-44-41-39-36-32-29-26-23-20-17-14-11-8-5-2)59-78-69-67(65(74)64(73)66(81-69)68(75)76)80-63(72)57-54-51-48-45-42-38-34-27-24-21-18-15-12-9-6-3/h7-12,16-21,25-29,31,33-34,36-37,39-40,42,44-45,47,51,54,60,64-67,69,73-74H,4-6,13-15,22-24,30,32,35,38,41,43,46,48-50,52-53,55-59H2,1-3H3,(H,75,76)/b10-7-,11-8-,12-9-,19-16-,20-17-,21-18-,28-25-,29-26-,33-31-,34-27-,39-36-,40-37-,45-42-,47-44-,54-51-. The van der Waals surface area contributed by atoms with Gasteiger partial charge in [0.25, 0.3) is 0 Å². The number of carboxylic acid groups (broad SMARTS) is 1. The highest BCUT2D eigenvalue weighted by atomic mass is 16.7. The van der Waals surface area contributed by atoms with E-state index in [0.717, 1.165) is 109 Å². The number of ether oxygens (including phenoxy) is 5. The molecule has 6 atom stereocenters. The van der Waals surface area contributed by atoms with E-state index in [9.17, 15) is 34.5 Å². The lowest BCUT2D eigenvalue weighted by atomic mass is 9.98. The first-order chi connectivity index (χ1) is 39.6. The first kappa shape index (κ1) is 72.8. The lowest BCUT2D eigenvalue weighted by Crippen LogP contribution is -2.61. The van der Waals surface area contributed by atoms with Crippen LogP contribution >= 0.6 is 0 Å². The zero-order chi connectivity index (χ0) is 58.9. The normalized spacial score (nSPS) is 19.0. The van der Waals surface area contributed by atoms with Crippen LogP contribution in [0, 0.1) is 0 Å². The van der Waals surface area contributed by atoms with Crippen LogP contribution in [-0.2, 0) is 42.9 Å². The minimum absolute atomic E-state index is 0.0542. The van der Waals surface area contributed by atoms with Gasteiger partial charge >= 0.3 is 23.9 Å². The van der Waals surface area contributed by atoms with Gasteiger partial charge in [-0.15, -0.1) is 0 Å². The molecule has 12 heteroatoms. The molecule has 448 valence electrons. The number of allylic oxidation sites excluding steroid dienone is 29. The largest absolute Gasteiger partial charge is 0.479 e. The van der Waals surface area contributed by atoms with Crippen LogP contribution < -0.4 is 0 Å². The van der Waals surface area contributed by atoms with Gasteiger partial charge in [-0.05, 0) is 128 Å². The first-order valence-corrected chi connectivity index (χ1v) is 29.8. The van der Waals surface area contributed by atoms with Crippen molar-refractivity contribution in [1.29, 1.82) is 0 Å². The number of aliphatic carboxylic acids is 1. The molecule has 0 radical (unpaired) electrons. The molecule has 3 N–H and O–H groups in total. The smallest absolute Gasteiger partial charge is 0.335 e. The van der Waals surface area contributed by atoms with Crippen molar-refractivity contribution in [2.75, 3.05) is 13.2 Å². The number of aliphatic hydroxyl groups excluding tert-OH is 2. The summed E-state index contributed by atoms with van der Waals surface area (Å²) >= 11 is 0. The van der Waals surface area contributed by atoms with Crippen LogP contribution in [0.15, 0.2) is 182 Å². The molecule has 12 nitrogen and oxygen atoms in total. The van der Waals surface area contributed by atoms with E-state index in [1.54, 1.807) is 12.2 Å². The summed E-state index contributed by atoms with van der Waals surface area (Å²) in [7, 11) is 0. The average molecular weight is 1120 g/mol. The van der Waals surface area contributed by atoms with Crippen molar-refractivity contribution >= 4 is 23.9 Å². The minimum atomic E-state index is -1.96. The number of aliphatic hydroxyl groups is 2. The number of unbranched alkanes of at least 4 members (excludes halogenated alkanes) is 4. The first-order valence-electron chi connectivity index (χ1n) is 29.8. The van der Waals surface area contributed by atoms with Crippen molar-refractivity contribution in [3.63, 3.8) is 0 Å². The molecule has 0 spiro atoms. The molecular weight excluding hydrogens is 1020 g/mol. The Balaban J connectivity index is 2.82. The van der Waals surface area contributed by atoms with Crippen molar-refractivity contribution in [1.82, 2.24) is 0 Å². The number of rotatable bonds is 47. The van der Waals surface area contributed by atoms with Crippen LogP contribution in [0.3, 0.4) is 0 Å². The maximum atomic E-state index is 13.1. The number of carbonyl (C=O) groups is 4. The van der Waals surface area contributed by atoms with Gasteiger partial charge in [0.1, 0.15) is 18.8 Å². The van der Waals surface area contributed by atoms with E-state index >= 15 is 0 Å². The third kappa shape index (κ3) is 44.2. The van der Waals surface area contributed by atoms with E-state index in [0.29, 0.717) is 25.7 Å². The number of carboxylic acids is 1. The zero-order valence-corrected chi connectivity index (χ0v) is 49.2. The van der Waals surface area contributed by atoms with Crippen molar-refractivity contribution in [3.8, 4) is 0 Å². The SMILES string of the molecule is CC/C=C\C/C=C\C/C=C\C/C=C\C/C=C\CCCCCC(=O)OCC(COC1OC(C(=O)O)C(O)C(O)C1OC(=O)C/C=C\C/C=C\C/C=C\C/C=C\C/C=C\CC)OC(=O)CCC/C=C\C/C=C\C/C=C\C/C=C\C/C=C\CC. The van der Waals surface area contributed by atoms with Gasteiger partial charge in [-0.2, -0.15) is 0 Å². The third-order valence-electron chi connectivity index (χ3n) is 12.0. The summed E-state index contributed by atoms with van der Waals surface area (Å²) in [6, 6.07) is 0. The van der Waals surface area contributed by atoms with Crippen LogP contribution in [0.4, 0.5) is 0 Å². The Labute approximate surface area is 487 Å². The van der Waals surface area contributed by atoms with E-state index in [-0.39, 0.29) is 25.9 Å². The molecule has 0 saturated carbocycles. The predicted octanol–water partition coefficient (Wildman–Crippen LogP) is 15.7. The molecule has 1 rings (SSSR count). The van der Waals surface area contributed by atoms with Gasteiger partial charge in [0.2, 0.25) is 0 Å². The van der Waals surface area contributed by atoms with Crippen LogP contribution in [-0.4, -0.2) is 89.2 Å². The van der Waals surface area contributed by atoms with Crippen LogP contribution in [0.1, 0.15) is 175 Å². The molecule has 0 amide bonds. The Morgan fingerprint density at radius 1 is 0.420 bits per heavy atom. The van der Waals surface area contributed by atoms with E-state index in [2.05, 4.69) is 167 Å². The molecule has 0 aromatic rings. The van der Waals surface area contributed by atoms with Gasteiger partial charge in [-0.25, -0.2) is 4.79 Å². The summed E-state index contributed by atoms with van der Waals surface area (Å²) in [6.45, 7) is 5.50. The fourth-order valence-electron chi connectivity index (χ4n) is 7.56. The Bertz CT molecular complexity index is 2110. The molecule has 0 aromatic carbocycles. The molecule has 6 unspecified atom stereocenters. The number of carbonyl (C=O) groups excluding carboxylic acids is 3. The fraction of sp³-hybridized carbons (Fsp3) is 0.507. The van der Waals surface area contributed by atoms with Crippen molar-refractivity contribution in [2.24, 2.45) is 0 Å². The van der Waals surface area contributed by atoms with Crippen molar-refractivity contribution < 1.29 is 58.2 Å². The van der Waals surface area contributed by atoms with E-state index in [4.69, 9.17) is 23.7 Å². The zero-order valence-electron chi connectivity index (χ0n) is 49.2. The second-order valence-electron chi connectivity index (χ2n) is 19.1. The molecule has 0 aliphatic carbocycles. The summed E-state index contributed by atoms with van der Waals surface area (Å²) in [5.41, 5.74) is 0. The lowest BCUT2D eigenvalue weighted by Gasteiger charge is -2.40. The maximum Gasteiger partial charge on any atom is 0.335 e. The monoisotopic (exact) mass is 1120 g/mol. The van der Waals surface area contributed by atoms with E-state index in [1.165, 1.54) is 0 Å². The lowest BCUT2D eigenvalue weighted by molar-refractivity contribution is -0.301. The van der Waals surface area contributed by atoms with Crippen LogP contribution in [0.25, 0.3) is 0 Å². The highest BCUT2D eigenvalue weighted by Crippen LogP contribution is 2.26. The molecule has 1 fully saturated rings. The minimum Gasteiger partial charge on any atom is -0.479 e. The summed E-state index contributed by atoms with van der Waals surface area (Å²) in [6.07, 6.45) is 70.3. The fourth-order valence-corrected chi connectivity index (χ4v) is 7.56. The number of esters is 3. The van der Waals surface area contributed by atoms with E-state index < -0.39 is 67.3 Å². The molecule has 1 aliphatic rings. The second-order valence-corrected chi connectivity index (χ2v) is 19.1. The second kappa shape index (κ2) is 54.4. The highest BCUT2D eigenvalue weighted by Gasteiger charge is 2.50. The molecule has 0 aromatic heterocycles. The van der Waals surface area contributed by atoms with Crippen LogP contribution in [0.5, 0.6) is 0 Å². The van der Waals surface area contributed by atoms with Crippen molar-refractivity contribution in [3.05, 3.63) is 182 Å². The van der Waals surface area contributed by atoms with E-state index in [1.807, 2.05) is 24.3 Å². The van der Waals surface area contributed by atoms with Crippen molar-refractivity contribution in [2.45, 2.75) is 212 Å². The highest BCUT2D eigenvalue weighted by molar-refractivity contribution is 5.74. The molecular formula is C69H100O12. The van der Waals surface area contributed by atoms with Gasteiger partial charge in [0.05, 0.1) is 13.0 Å². The Morgan fingerprint density at radius 3 is 1.20 bits per heavy atom. The summed E-state index contributed by atoms with van der Waals surface area (Å²) in [4.78, 5) is 51.1. The number of hydrogen-bond donors (Lipinski definition) is 3. The molecule has 81 heavy (non-hydrogen) atoms. The quantitative estimate of drug-likeness (QED) is 0.0228. The molecule has 1 heterocycles. The average Bonchev–Trinajstić information content (AvgIpc) is 3.53. The summed E-state index contributed by atoms with van der Waals surface area (Å²) in [5.74, 6) is -3.45. The van der Waals surface area contributed by atoms with Gasteiger partial charge in [-0.1, -0.05) is 209 Å². The maximum absolute atomic E-state index is 13.1. The Morgan fingerprint density at radius 2 is 0.790 bits per heavy atom. The van der Waals surface area contributed by atoms with Gasteiger partial charge in [0, 0.05) is 12.8 Å². The summed E-state index contributed by atoms with van der Waals surface area (Å²) < 4.78 is 28.2. The topological polar surface area (TPSA) is 175 Å². The molecule has 1 saturated heterocycles. The number of hydrogen-bond acceptors (Lipinski definition) is 11. The predicted molar refractivity (Wildman–Crippen MR) is 330 cm³/mol. The Kier molecular flexibility index (Phi) is 48.9. The molecule has 1 aliphatic heterocycles. The van der Waals surface area contributed by atoms with Gasteiger partial charge in [0.15, 0.2) is 24.6 Å². The molecule has 0 bridgehead atoms.